The van der Waals surface area contributed by atoms with Crippen LogP contribution in [0.3, 0.4) is 0 Å². The van der Waals surface area contributed by atoms with Crippen molar-refractivity contribution in [3.05, 3.63) is 69.2 Å². The topological polar surface area (TPSA) is 29.5 Å². The molecule has 1 saturated heterocycles. The van der Waals surface area contributed by atoms with Crippen molar-refractivity contribution < 1.29 is 9.53 Å². The standard InChI is InChI=1S/C21H22Cl3NO2/c22-18-2-1-3-19(23)17(18)9-6-15-4-7-16(8-5-15)20-14-25(12-13-27-20)11-10-21(24)26/h1-5,7-8,20H,6,9-14H2. The van der Waals surface area contributed by atoms with Gasteiger partial charge < -0.3 is 4.74 Å². The predicted octanol–water partition coefficient (Wildman–Crippen LogP) is 5.31. The summed E-state index contributed by atoms with van der Waals surface area (Å²) >= 11 is 17.9. The molecule has 27 heavy (non-hydrogen) atoms. The zero-order valence-corrected chi connectivity index (χ0v) is 17.2. The number of carbonyl (C=O) groups is 1. The Hall–Kier alpha value is -1.10. The van der Waals surface area contributed by atoms with Gasteiger partial charge in [-0.2, -0.15) is 0 Å². The third-order valence-corrected chi connectivity index (χ3v) is 5.75. The van der Waals surface area contributed by atoms with E-state index in [1.165, 1.54) is 5.56 Å². The molecule has 0 amide bonds. The fourth-order valence-corrected chi connectivity index (χ4v) is 3.96. The smallest absolute Gasteiger partial charge is 0.222 e. The first-order chi connectivity index (χ1) is 13.0. The summed E-state index contributed by atoms with van der Waals surface area (Å²) in [4.78, 5) is 13.2. The maximum Gasteiger partial charge on any atom is 0.222 e. The van der Waals surface area contributed by atoms with E-state index in [0.29, 0.717) is 29.6 Å². The minimum Gasteiger partial charge on any atom is -0.371 e. The summed E-state index contributed by atoms with van der Waals surface area (Å²) in [5.74, 6) is 0. The number of ether oxygens (including phenoxy) is 1. The summed E-state index contributed by atoms with van der Waals surface area (Å²) in [6.07, 6.45) is 2.07. The molecule has 1 aliphatic rings. The van der Waals surface area contributed by atoms with Crippen LogP contribution in [0.2, 0.25) is 10.0 Å². The van der Waals surface area contributed by atoms with Gasteiger partial charge >= 0.3 is 0 Å². The van der Waals surface area contributed by atoms with E-state index in [-0.39, 0.29) is 11.3 Å². The lowest BCUT2D eigenvalue weighted by Gasteiger charge is -2.33. The fraction of sp³-hybridized carbons (Fsp3) is 0.381. The number of carbonyl (C=O) groups excluding carboxylic acids is 1. The molecule has 2 aromatic carbocycles. The van der Waals surface area contributed by atoms with E-state index in [1.54, 1.807) is 0 Å². The van der Waals surface area contributed by atoms with Gasteiger partial charge in [0.2, 0.25) is 5.24 Å². The molecule has 3 nitrogen and oxygen atoms in total. The lowest BCUT2D eigenvalue weighted by molar-refractivity contribution is -0.112. The van der Waals surface area contributed by atoms with Crippen molar-refractivity contribution >= 4 is 40.0 Å². The van der Waals surface area contributed by atoms with Crippen LogP contribution in [-0.4, -0.2) is 36.4 Å². The Bertz CT molecular complexity index is 759. The second kappa shape index (κ2) is 9.90. The van der Waals surface area contributed by atoms with E-state index in [2.05, 4.69) is 29.2 Å². The molecule has 1 aliphatic heterocycles. The number of halogens is 3. The quantitative estimate of drug-likeness (QED) is 0.562. The summed E-state index contributed by atoms with van der Waals surface area (Å²) in [5, 5.41) is 1.14. The van der Waals surface area contributed by atoms with Crippen LogP contribution < -0.4 is 0 Å². The summed E-state index contributed by atoms with van der Waals surface area (Å²) in [5.41, 5.74) is 3.37. The molecule has 0 N–H and O–H groups in total. The summed E-state index contributed by atoms with van der Waals surface area (Å²) < 4.78 is 5.91. The van der Waals surface area contributed by atoms with Crippen molar-refractivity contribution in [2.45, 2.75) is 25.4 Å². The van der Waals surface area contributed by atoms with Crippen molar-refractivity contribution in [1.29, 1.82) is 0 Å². The van der Waals surface area contributed by atoms with Gasteiger partial charge in [0.1, 0.15) is 0 Å². The van der Waals surface area contributed by atoms with Crippen molar-refractivity contribution in [3.8, 4) is 0 Å². The zero-order chi connectivity index (χ0) is 19.2. The highest BCUT2D eigenvalue weighted by atomic mass is 35.5. The highest BCUT2D eigenvalue weighted by Crippen LogP contribution is 2.27. The maximum absolute atomic E-state index is 11.0. The molecular weight excluding hydrogens is 405 g/mol. The lowest BCUT2D eigenvalue weighted by atomic mass is 10.0. The monoisotopic (exact) mass is 425 g/mol. The molecule has 0 saturated carbocycles. The largest absolute Gasteiger partial charge is 0.371 e. The van der Waals surface area contributed by atoms with Gasteiger partial charge in [-0.3, -0.25) is 9.69 Å². The van der Waals surface area contributed by atoms with E-state index in [9.17, 15) is 4.79 Å². The number of morpholine rings is 1. The molecule has 0 radical (unpaired) electrons. The van der Waals surface area contributed by atoms with E-state index in [4.69, 9.17) is 39.5 Å². The number of benzene rings is 2. The second-order valence-corrected chi connectivity index (χ2v) is 7.94. The average Bonchev–Trinajstić information content (AvgIpc) is 2.67. The molecule has 0 aliphatic carbocycles. The third kappa shape index (κ3) is 5.94. The Labute approximate surface area is 175 Å². The van der Waals surface area contributed by atoms with Gasteiger partial charge in [0.15, 0.2) is 0 Å². The van der Waals surface area contributed by atoms with Crippen LogP contribution in [0.15, 0.2) is 42.5 Å². The molecule has 0 spiro atoms. The Kier molecular flexibility index (Phi) is 7.57. The summed E-state index contributed by atoms with van der Waals surface area (Å²) in [6.45, 7) is 2.95. The third-order valence-electron chi connectivity index (χ3n) is 4.85. The highest BCUT2D eigenvalue weighted by molar-refractivity contribution is 6.63. The summed E-state index contributed by atoms with van der Waals surface area (Å²) in [6, 6.07) is 14.1. The molecule has 1 atom stereocenters. The predicted molar refractivity (Wildman–Crippen MR) is 111 cm³/mol. The van der Waals surface area contributed by atoms with Crippen LogP contribution in [0, 0.1) is 0 Å². The first-order valence-electron chi connectivity index (χ1n) is 9.07. The van der Waals surface area contributed by atoms with Crippen molar-refractivity contribution in [1.82, 2.24) is 4.90 Å². The Balaban J connectivity index is 1.57. The molecular formula is C21H22Cl3NO2. The maximum atomic E-state index is 11.0. The van der Waals surface area contributed by atoms with Crippen LogP contribution in [0.5, 0.6) is 0 Å². The molecule has 1 fully saturated rings. The van der Waals surface area contributed by atoms with Crippen LogP contribution in [0.25, 0.3) is 0 Å². The number of aryl methyl sites for hydroxylation is 1. The van der Waals surface area contributed by atoms with Crippen molar-refractivity contribution in [3.63, 3.8) is 0 Å². The second-order valence-electron chi connectivity index (χ2n) is 6.71. The van der Waals surface area contributed by atoms with Gasteiger partial charge in [-0.25, -0.2) is 0 Å². The number of rotatable bonds is 7. The first kappa shape index (κ1) is 20.6. The average molecular weight is 427 g/mol. The Morgan fingerprint density at radius 2 is 1.78 bits per heavy atom. The highest BCUT2D eigenvalue weighted by Gasteiger charge is 2.22. The van der Waals surface area contributed by atoms with Crippen LogP contribution in [0.4, 0.5) is 0 Å². The minimum atomic E-state index is -0.291. The van der Waals surface area contributed by atoms with Gasteiger partial charge in [-0.15, -0.1) is 0 Å². The van der Waals surface area contributed by atoms with Crippen LogP contribution >= 0.6 is 34.8 Å². The Morgan fingerprint density at radius 1 is 1.07 bits per heavy atom. The van der Waals surface area contributed by atoms with E-state index < -0.39 is 0 Å². The molecule has 144 valence electrons. The van der Waals surface area contributed by atoms with E-state index in [0.717, 1.165) is 37.1 Å². The molecule has 6 heteroatoms. The Morgan fingerprint density at radius 3 is 2.44 bits per heavy atom. The number of hydrogen-bond donors (Lipinski definition) is 0. The lowest BCUT2D eigenvalue weighted by Crippen LogP contribution is -2.39. The number of hydrogen-bond acceptors (Lipinski definition) is 3. The van der Waals surface area contributed by atoms with Crippen LogP contribution in [-0.2, 0) is 22.4 Å². The minimum absolute atomic E-state index is 0.0243. The molecule has 0 aromatic heterocycles. The first-order valence-corrected chi connectivity index (χ1v) is 10.2. The van der Waals surface area contributed by atoms with Gasteiger partial charge in [0.25, 0.3) is 0 Å². The van der Waals surface area contributed by atoms with Crippen LogP contribution in [0.1, 0.15) is 29.2 Å². The van der Waals surface area contributed by atoms with Crippen molar-refractivity contribution in [2.75, 3.05) is 26.2 Å². The zero-order valence-electron chi connectivity index (χ0n) is 15.0. The van der Waals surface area contributed by atoms with Crippen molar-refractivity contribution in [2.24, 2.45) is 0 Å². The van der Waals surface area contributed by atoms with E-state index in [1.807, 2.05) is 18.2 Å². The number of nitrogens with zero attached hydrogens (tertiary/aromatic N) is 1. The SMILES string of the molecule is O=C(Cl)CCN1CCOC(c2ccc(CCc3c(Cl)cccc3Cl)cc2)C1. The van der Waals surface area contributed by atoms with Gasteiger partial charge in [0.05, 0.1) is 12.7 Å². The molecule has 0 bridgehead atoms. The summed E-state index contributed by atoms with van der Waals surface area (Å²) in [7, 11) is 0. The molecule has 1 heterocycles. The fourth-order valence-electron chi connectivity index (χ4n) is 3.29. The van der Waals surface area contributed by atoms with Gasteiger partial charge in [-0.05, 0) is 53.3 Å². The molecule has 2 aromatic rings. The molecule has 3 rings (SSSR count). The normalized spacial score (nSPS) is 17.8. The van der Waals surface area contributed by atoms with Gasteiger partial charge in [-0.1, -0.05) is 53.5 Å². The molecule has 1 unspecified atom stereocenters. The van der Waals surface area contributed by atoms with Gasteiger partial charge in [0, 0.05) is 36.1 Å². The van der Waals surface area contributed by atoms with E-state index >= 15 is 0 Å².